The lowest BCUT2D eigenvalue weighted by atomic mass is 10.1. The van der Waals surface area contributed by atoms with Crippen LogP contribution in [-0.4, -0.2) is 26.6 Å². The van der Waals surface area contributed by atoms with Crippen molar-refractivity contribution in [2.45, 2.75) is 6.54 Å². The van der Waals surface area contributed by atoms with E-state index in [1.807, 2.05) is 24.3 Å². The Morgan fingerprint density at radius 3 is 2.47 bits per heavy atom. The molecule has 0 spiro atoms. The third-order valence-corrected chi connectivity index (χ3v) is 4.70. The molecular formula is C24H21N5O3. The van der Waals surface area contributed by atoms with Gasteiger partial charge in [-0.25, -0.2) is 9.78 Å². The van der Waals surface area contributed by atoms with Gasteiger partial charge in [-0.2, -0.15) is 0 Å². The molecule has 3 aromatic carbocycles. The Hall–Kier alpha value is -4.59. The van der Waals surface area contributed by atoms with Crippen LogP contribution in [0.4, 0.5) is 16.2 Å². The number of hydrogen-bond donors (Lipinski definition) is 4. The van der Waals surface area contributed by atoms with E-state index < -0.39 is 5.91 Å². The normalized spacial score (nSPS) is 10.4. The fourth-order valence-corrected chi connectivity index (χ4v) is 3.13. The smallest absolute Gasteiger partial charge is 0.323 e. The van der Waals surface area contributed by atoms with Gasteiger partial charge in [0, 0.05) is 36.0 Å². The van der Waals surface area contributed by atoms with E-state index in [4.69, 9.17) is 0 Å². The van der Waals surface area contributed by atoms with Crippen molar-refractivity contribution in [3.05, 3.63) is 103 Å². The third kappa shape index (κ3) is 5.11. The fourth-order valence-electron chi connectivity index (χ4n) is 3.13. The Morgan fingerprint density at radius 1 is 0.906 bits per heavy atom. The van der Waals surface area contributed by atoms with Gasteiger partial charge in [0.1, 0.15) is 5.75 Å². The number of phenolic OH excluding ortho intramolecular Hbond substituents is 1. The van der Waals surface area contributed by atoms with Crippen molar-refractivity contribution in [2.75, 3.05) is 10.6 Å². The summed E-state index contributed by atoms with van der Waals surface area (Å²) < 4.78 is 1.74. The number of imidazole rings is 1. The Labute approximate surface area is 184 Å². The predicted molar refractivity (Wildman–Crippen MR) is 122 cm³/mol. The van der Waals surface area contributed by atoms with E-state index in [0.717, 1.165) is 5.56 Å². The number of aromatic hydroxyl groups is 1. The van der Waals surface area contributed by atoms with Crippen LogP contribution in [0.5, 0.6) is 5.75 Å². The maximum atomic E-state index is 12.7. The summed E-state index contributed by atoms with van der Waals surface area (Å²) in [5.41, 5.74) is 2.94. The molecular weight excluding hydrogens is 406 g/mol. The van der Waals surface area contributed by atoms with Crippen LogP contribution in [-0.2, 0) is 6.54 Å². The van der Waals surface area contributed by atoms with Gasteiger partial charge >= 0.3 is 6.03 Å². The van der Waals surface area contributed by atoms with Crippen LogP contribution in [0, 0.1) is 0 Å². The van der Waals surface area contributed by atoms with Crippen molar-refractivity contribution in [3.63, 3.8) is 0 Å². The molecule has 4 aromatic rings. The highest BCUT2D eigenvalue weighted by Gasteiger charge is 2.13. The summed E-state index contributed by atoms with van der Waals surface area (Å²) in [5, 5.41) is 18.4. The number of anilines is 2. The molecule has 0 aliphatic carbocycles. The summed E-state index contributed by atoms with van der Waals surface area (Å²) in [5.74, 6) is -0.524. The van der Waals surface area contributed by atoms with E-state index in [2.05, 4.69) is 20.9 Å². The molecule has 0 atom stereocenters. The molecule has 1 heterocycles. The molecule has 4 N–H and O–H groups in total. The van der Waals surface area contributed by atoms with Gasteiger partial charge in [0.15, 0.2) is 0 Å². The largest absolute Gasteiger partial charge is 0.507 e. The molecule has 8 heteroatoms. The number of carbonyl (C=O) groups is 2. The number of rotatable bonds is 6. The van der Waals surface area contributed by atoms with Crippen LogP contribution in [0.3, 0.4) is 0 Å². The lowest BCUT2D eigenvalue weighted by Gasteiger charge is -2.11. The van der Waals surface area contributed by atoms with E-state index in [9.17, 15) is 14.7 Å². The molecule has 0 fully saturated rings. The average molecular weight is 427 g/mol. The molecule has 160 valence electrons. The van der Waals surface area contributed by atoms with Crippen LogP contribution in [0.1, 0.15) is 15.9 Å². The van der Waals surface area contributed by atoms with Gasteiger partial charge in [-0.15, -0.1) is 0 Å². The molecule has 0 unspecified atom stereocenters. The van der Waals surface area contributed by atoms with E-state index in [-0.39, 0.29) is 23.9 Å². The first-order valence-electron chi connectivity index (χ1n) is 9.90. The molecule has 0 saturated carbocycles. The number of amides is 3. The standard InChI is InChI=1S/C24H21N5O3/c30-22-10-9-20(29-12-11-25-16-29)14-21(22)23(31)26-15-17-5-4-8-19(13-17)28-24(32)27-18-6-2-1-3-7-18/h1-14,16,30H,15H2,(H,26,31)(H2,27,28,32). The van der Waals surface area contributed by atoms with Gasteiger partial charge in [-0.3, -0.25) is 4.79 Å². The zero-order chi connectivity index (χ0) is 22.3. The second-order valence-corrected chi connectivity index (χ2v) is 7.00. The summed E-state index contributed by atoms with van der Waals surface area (Å²) in [7, 11) is 0. The van der Waals surface area contributed by atoms with E-state index in [1.165, 1.54) is 6.07 Å². The molecule has 3 amide bonds. The van der Waals surface area contributed by atoms with Crippen molar-refractivity contribution >= 4 is 23.3 Å². The number of phenols is 1. The minimum Gasteiger partial charge on any atom is -0.507 e. The van der Waals surface area contributed by atoms with Crippen molar-refractivity contribution in [1.82, 2.24) is 14.9 Å². The highest BCUT2D eigenvalue weighted by Crippen LogP contribution is 2.21. The van der Waals surface area contributed by atoms with Gasteiger partial charge < -0.3 is 25.6 Å². The highest BCUT2D eigenvalue weighted by molar-refractivity contribution is 6.00. The van der Waals surface area contributed by atoms with Gasteiger partial charge in [0.25, 0.3) is 5.91 Å². The average Bonchev–Trinajstić information content (AvgIpc) is 3.34. The first kappa shape index (κ1) is 20.7. The molecule has 0 aliphatic heterocycles. The molecule has 0 bridgehead atoms. The van der Waals surface area contributed by atoms with E-state index in [0.29, 0.717) is 17.1 Å². The van der Waals surface area contributed by atoms with E-state index >= 15 is 0 Å². The first-order valence-corrected chi connectivity index (χ1v) is 9.90. The minimum atomic E-state index is -0.412. The number of aromatic nitrogens is 2. The summed E-state index contributed by atoms with van der Waals surface area (Å²) in [6.45, 7) is 0.226. The molecule has 0 aliphatic rings. The summed E-state index contributed by atoms with van der Waals surface area (Å²) in [4.78, 5) is 28.8. The van der Waals surface area contributed by atoms with Crippen LogP contribution < -0.4 is 16.0 Å². The van der Waals surface area contributed by atoms with Crippen molar-refractivity contribution in [1.29, 1.82) is 0 Å². The molecule has 0 saturated heterocycles. The second-order valence-electron chi connectivity index (χ2n) is 7.00. The molecule has 1 aromatic heterocycles. The number of nitrogens with one attached hydrogen (secondary N) is 3. The monoisotopic (exact) mass is 427 g/mol. The quantitative estimate of drug-likeness (QED) is 0.371. The second kappa shape index (κ2) is 9.48. The maximum absolute atomic E-state index is 12.7. The molecule has 32 heavy (non-hydrogen) atoms. The molecule has 4 rings (SSSR count). The summed E-state index contributed by atoms with van der Waals surface area (Å²) in [6, 6.07) is 20.7. The van der Waals surface area contributed by atoms with Crippen LogP contribution in [0.25, 0.3) is 5.69 Å². The summed E-state index contributed by atoms with van der Waals surface area (Å²) >= 11 is 0. The first-order chi connectivity index (χ1) is 15.6. The zero-order valence-electron chi connectivity index (χ0n) is 17.0. The number of carbonyl (C=O) groups excluding carboxylic acids is 2. The van der Waals surface area contributed by atoms with Crippen LogP contribution in [0.15, 0.2) is 91.5 Å². The lowest BCUT2D eigenvalue weighted by molar-refractivity contribution is 0.0948. The van der Waals surface area contributed by atoms with Crippen molar-refractivity contribution < 1.29 is 14.7 Å². The Kier molecular flexibility index (Phi) is 6.12. The Bertz CT molecular complexity index is 1220. The van der Waals surface area contributed by atoms with Crippen molar-refractivity contribution in [3.8, 4) is 11.4 Å². The minimum absolute atomic E-state index is 0.112. The van der Waals surface area contributed by atoms with Gasteiger partial charge in [0.05, 0.1) is 11.9 Å². The lowest BCUT2D eigenvalue weighted by Crippen LogP contribution is -2.23. The van der Waals surface area contributed by atoms with Crippen LogP contribution in [0.2, 0.25) is 0 Å². The molecule has 0 radical (unpaired) electrons. The predicted octanol–water partition coefficient (Wildman–Crippen LogP) is 4.15. The number of benzene rings is 3. The van der Waals surface area contributed by atoms with Gasteiger partial charge in [-0.1, -0.05) is 30.3 Å². The molecule has 8 nitrogen and oxygen atoms in total. The highest BCUT2D eigenvalue weighted by atomic mass is 16.3. The zero-order valence-corrected chi connectivity index (χ0v) is 17.0. The third-order valence-electron chi connectivity index (χ3n) is 4.70. The fraction of sp³-hybridized carbons (Fsp3) is 0.0417. The Balaban J connectivity index is 1.38. The number of urea groups is 1. The maximum Gasteiger partial charge on any atom is 0.323 e. The summed E-state index contributed by atoms with van der Waals surface area (Å²) in [6.07, 6.45) is 4.99. The topological polar surface area (TPSA) is 108 Å². The van der Waals surface area contributed by atoms with Crippen molar-refractivity contribution in [2.24, 2.45) is 0 Å². The van der Waals surface area contributed by atoms with Gasteiger partial charge in [0.2, 0.25) is 0 Å². The number of hydrogen-bond acceptors (Lipinski definition) is 4. The van der Waals surface area contributed by atoms with E-state index in [1.54, 1.807) is 65.8 Å². The van der Waals surface area contributed by atoms with Crippen LogP contribution >= 0.6 is 0 Å². The number of para-hydroxylation sites is 1. The SMILES string of the molecule is O=C(Nc1ccccc1)Nc1cccc(CNC(=O)c2cc(-n3ccnc3)ccc2O)c1. The number of nitrogens with zero attached hydrogens (tertiary/aromatic N) is 2. The van der Waals surface area contributed by atoms with Gasteiger partial charge in [-0.05, 0) is 48.0 Å². The Morgan fingerprint density at radius 2 is 1.69 bits per heavy atom.